The Hall–Kier alpha value is -2.24. The van der Waals surface area contributed by atoms with Crippen LogP contribution >= 0.6 is 0 Å². The first-order valence-corrected chi connectivity index (χ1v) is 7.36. The third-order valence-electron chi connectivity index (χ3n) is 2.91. The van der Waals surface area contributed by atoms with Crippen molar-refractivity contribution in [2.24, 2.45) is 5.84 Å². The van der Waals surface area contributed by atoms with Gasteiger partial charge in [0.15, 0.2) is 4.90 Å². The highest BCUT2D eigenvalue weighted by Gasteiger charge is 2.31. The summed E-state index contributed by atoms with van der Waals surface area (Å²) in [4.78, 5) is 20.7. The molecule has 0 radical (unpaired) electrons. The molecule has 1 fully saturated rings. The molecular weight excluding hydrogens is 302 g/mol. The van der Waals surface area contributed by atoms with Gasteiger partial charge in [-0.15, -0.1) is 0 Å². The quantitative estimate of drug-likeness (QED) is 0.310. The number of hydrogen-bond acceptors (Lipinski definition) is 7. The van der Waals surface area contributed by atoms with Crippen LogP contribution in [0.25, 0.3) is 0 Å². The Morgan fingerprint density at radius 3 is 2.67 bits per heavy atom. The van der Waals surface area contributed by atoms with Gasteiger partial charge >= 0.3 is 0 Å². The highest BCUT2D eigenvalue weighted by molar-refractivity contribution is 7.89. The van der Waals surface area contributed by atoms with Crippen LogP contribution in [0.4, 0.5) is 11.4 Å². The second-order valence-electron chi connectivity index (χ2n) is 4.41. The van der Waals surface area contributed by atoms with Gasteiger partial charge in [0.2, 0.25) is 15.9 Å². The molecule has 1 saturated heterocycles. The van der Waals surface area contributed by atoms with E-state index < -0.39 is 31.6 Å². The van der Waals surface area contributed by atoms with E-state index in [4.69, 9.17) is 5.84 Å². The first-order chi connectivity index (χ1) is 9.83. The van der Waals surface area contributed by atoms with Crippen LogP contribution in [0.15, 0.2) is 23.1 Å². The number of nitro benzene ring substituents is 1. The van der Waals surface area contributed by atoms with E-state index in [0.717, 1.165) is 12.1 Å². The van der Waals surface area contributed by atoms with Crippen molar-refractivity contribution in [3.63, 3.8) is 0 Å². The summed E-state index contributed by atoms with van der Waals surface area (Å²) in [6, 6.07) is 2.75. The molecule has 11 heteroatoms. The van der Waals surface area contributed by atoms with Crippen LogP contribution in [0.3, 0.4) is 0 Å². The first kappa shape index (κ1) is 15.2. The van der Waals surface area contributed by atoms with Gasteiger partial charge in [-0.2, -0.15) is 0 Å². The average molecular weight is 315 g/mol. The van der Waals surface area contributed by atoms with Gasteiger partial charge in [0.25, 0.3) is 5.69 Å². The number of benzene rings is 1. The third-order valence-corrected chi connectivity index (χ3v) is 4.46. The van der Waals surface area contributed by atoms with Crippen LogP contribution in [0.5, 0.6) is 0 Å². The lowest BCUT2D eigenvalue weighted by atomic mass is 10.3. The molecule has 2 rings (SSSR count). The van der Waals surface area contributed by atoms with Gasteiger partial charge < -0.3 is 10.7 Å². The molecule has 1 unspecified atom stereocenters. The first-order valence-electron chi connectivity index (χ1n) is 5.87. The fraction of sp³-hybridized carbons (Fsp3) is 0.300. The maximum Gasteiger partial charge on any atom is 0.289 e. The number of nitrogen functional groups attached to an aromatic ring is 1. The minimum absolute atomic E-state index is 0.0120. The van der Waals surface area contributed by atoms with Crippen LogP contribution in [-0.2, 0) is 14.8 Å². The van der Waals surface area contributed by atoms with Crippen molar-refractivity contribution in [3.8, 4) is 0 Å². The molecule has 5 N–H and O–H groups in total. The number of amides is 1. The van der Waals surface area contributed by atoms with E-state index in [1.165, 1.54) is 6.07 Å². The number of rotatable bonds is 5. The molecule has 1 heterocycles. The number of sulfonamides is 1. The van der Waals surface area contributed by atoms with Crippen LogP contribution in [-0.4, -0.2) is 31.8 Å². The number of nitrogens with zero attached hydrogens (tertiary/aromatic N) is 1. The molecule has 1 aliphatic rings. The van der Waals surface area contributed by atoms with Crippen LogP contribution < -0.4 is 21.3 Å². The number of anilines is 1. The molecule has 10 nitrogen and oxygen atoms in total. The standard InChI is InChI=1S/C10H13N5O5S/c11-13-6-1-2-8(15(17)18)9(3-6)21(19,20)14-7-4-10(16)12-5-7/h1-3,7,13-14H,4-5,11H2,(H,12,16). The minimum atomic E-state index is -4.15. The molecule has 1 amide bonds. The lowest BCUT2D eigenvalue weighted by molar-refractivity contribution is -0.387. The lowest BCUT2D eigenvalue weighted by Gasteiger charge is -2.12. The lowest BCUT2D eigenvalue weighted by Crippen LogP contribution is -2.36. The summed E-state index contributed by atoms with van der Waals surface area (Å²) >= 11 is 0. The van der Waals surface area contributed by atoms with E-state index in [9.17, 15) is 23.3 Å². The topological polar surface area (TPSA) is 156 Å². The molecule has 0 aliphatic carbocycles. The van der Waals surface area contributed by atoms with Crippen molar-refractivity contribution in [3.05, 3.63) is 28.3 Å². The molecule has 1 aromatic rings. The Kier molecular flexibility index (Phi) is 4.06. The number of hydrazine groups is 1. The highest BCUT2D eigenvalue weighted by atomic mass is 32.2. The van der Waals surface area contributed by atoms with Gasteiger partial charge in [0.1, 0.15) is 0 Å². The van der Waals surface area contributed by atoms with Crippen LogP contribution in [0.2, 0.25) is 0 Å². The summed E-state index contributed by atoms with van der Waals surface area (Å²) in [5.74, 6) is 4.90. The predicted octanol–water partition coefficient (Wildman–Crippen LogP) is -0.953. The van der Waals surface area contributed by atoms with Gasteiger partial charge in [-0.1, -0.05) is 0 Å². The van der Waals surface area contributed by atoms with Gasteiger partial charge in [-0.25, -0.2) is 13.1 Å². The summed E-state index contributed by atoms with van der Waals surface area (Å²) < 4.78 is 26.8. The minimum Gasteiger partial charge on any atom is -0.354 e. The fourth-order valence-electron chi connectivity index (χ4n) is 1.94. The number of nitro groups is 1. The molecule has 0 saturated carbocycles. The molecule has 21 heavy (non-hydrogen) atoms. The number of nitrogens with one attached hydrogen (secondary N) is 3. The van der Waals surface area contributed by atoms with E-state index in [1.807, 2.05) is 0 Å². The molecule has 0 aromatic heterocycles. The predicted molar refractivity (Wildman–Crippen MR) is 72.6 cm³/mol. The summed E-state index contributed by atoms with van der Waals surface area (Å²) in [7, 11) is -4.15. The molecule has 114 valence electrons. The van der Waals surface area contributed by atoms with Crippen LogP contribution in [0.1, 0.15) is 6.42 Å². The van der Waals surface area contributed by atoms with E-state index in [0.29, 0.717) is 0 Å². The monoisotopic (exact) mass is 315 g/mol. The van der Waals surface area contributed by atoms with Crippen molar-refractivity contribution >= 4 is 27.3 Å². The van der Waals surface area contributed by atoms with Crippen molar-refractivity contribution in [1.82, 2.24) is 10.0 Å². The third kappa shape index (κ3) is 3.26. The van der Waals surface area contributed by atoms with Gasteiger partial charge in [0, 0.05) is 25.1 Å². The molecule has 0 spiro atoms. The smallest absolute Gasteiger partial charge is 0.289 e. The van der Waals surface area contributed by atoms with Crippen molar-refractivity contribution in [2.75, 3.05) is 12.0 Å². The normalized spacial score (nSPS) is 18.3. The van der Waals surface area contributed by atoms with E-state index in [-0.39, 0.29) is 24.6 Å². The van der Waals surface area contributed by atoms with Gasteiger partial charge in [0.05, 0.1) is 10.6 Å². The van der Waals surface area contributed by atoms with Crippen molar-refractivity contribution < 1.29 is 18.1 Å². The summed E-state index contributed by atoms with van der Waals surface area (Å²) in [5, 5.41) is 13.4. The maximum atomic E-state index is 12.3. The number of hydrogen-bond donors (Lipinski definition) is 4. The van der Waals surface area contributed by atoms with E-state index in [1.54, 1.807) is 0 Å². The highest BCUT2D eigenvalue weighted by Crippen LogP contribution is 2.27. The molecular formula is C10H13N5O5S. The maximum absolute atomic E-state index is 12.3. The van der Waals surface area contributed by atoms with Crippen molar-refractivity contribution in [2.45, 2.75) is 17.4 Å². The zero-order valence-corrected chi connectivity index (χ0v) is 11.5. The van der Waals surface area contributed by atoms with Crippen molar-refractivity contribution in [1.29, 1.82) is 0 Å². The molecule has 1 atom stereocenters. The van der Waals surface area contributed by atoms with E-state index >= 15 is 0 Å². The van der Waals surface area contributed by atoms with Gasteiger partial charge in [-0.05, 0) is 12.1 Å². The molecule has 1 aliphatic heterocycles. The summed E-state index contributed by atoms with van der Waals surface area (Å²) in [6.45, 7) is 0.140. The van der Waals surface area contributed by atoms with Crippen LogP contribution in [0, 0.1) is 10.1 Å². The number of nitrogens with two attached hydrogens (primary N) is 1. The Labute approximate surface area is 119 Å². The number of carbonyl (C=O) groups excluding carboxylic acids is 1. The fourth-order valence-corrected chi connectivity index (χ4v) is 3.37. The summed E-state index contributed by atoms with van der Waals surface area (Å²) in [6.07, 6.45) is -0.0120. The SMILES string of the molecule is NNc1ccc([N+](=O)[O-])c(S(=O)(=O)NC2CNC(=O)C2)c1. The number of carbonyl (C=O) groups is 1. The Bertz CT molecular complexity index is 689. The molecule has 1 aromatic carbocycles. The zero-order chi connectivity index (χ0) is 15.6. The van der Waals surface area contributed by atoms with Gasteiger partial charge in [-0.3, -0.25) is 20.8 Å². The zero-order valence-electron chi connectivity index (χ0n) is 10.7. The van der Waals surface area contributed by atoms with E-state index in [2.05, 4.69) is 15.5 Å². The second kappa shape index (κ2) is 5.63. The Morgan fingerprint density at radius 1 is 1.43 bits per heavy atom. The largest absolute Gasteiger partial charge is 0.354 e. The average Bonchev–Trinajstić information content (AvgIpc) is 2.82. The second-order valence-corrected chi connectivity index (χ2v) is 6.09. The Morgan fingerprint density at radius 2 is 2.14 bits per heavy atom. The summed E-state index contributed by atoms with van der Waals surface area (Å²) in [5.41, 5.74) is 1.86. The molecule has 0 bridgehead atoms. The Balaban J connectivity index is 2.38.